The second-order valence-corrected chi connectivity index (χ2v) is 8.94. The van der Waals surface area contributed by atoms with Gasteiger partial charge in [0.1, 0.15) is 33.8 Å². The molecule has 0 aliphatic heterocycles. The maximum atomic E-state index is 13.8. The Morgan fingerprint density at radius 2 is 1.58 bits per heavy atom. The normalized spacial score (nSPS) is 10.6. The number of amides is 1. The topological polar surface area (TPSA) is 98.7 Å². The SMILES string of the molecule is COc1ccc(CN(C(=O)c2cnc(Nc3cc(C)nc(C)n3)s2)c2cc(OC)cc(OC)c2)cc1. The Morgan fingerprint density at radius 3 is 2.19 bits per heavy atom. The number of thiazole rings is 1. The molecule has 2 aromatic carbocycles. The molecule has 0 spiro atoms. The number of ether oxygens (including phenoxy) is 3. The van der Waals surface area contributed by atoms with E-state index in [4.69, 9.17) is 14.2 Å². The van der Waals surface area contributed by atoms with Crippen molar-refractivity contribution in [1.82, 2.24) is 15.0 Å². The smallest absolute Gasteiger partial charge is 0.270 e. The van der Waals surface area contributed by atoms with Crippen molar-refractivity contribution in [3.05, 3.63) is 76.7 Å². The zero-order valence-electron chi connectivity index (χ0n) is 20.7. The third kappa shape index (κ3) is 5.89. The van der Waals surface area contributed by atoms with Gasteiger partial charge in [0.05, 0.1) is 39.8 Å². The maximum Gasteiger partial charge on any atom is 0.270 e. The molecule has 4 aromatic rings. The summed E-state index contributed by atoms with van der Waals surface area (Å²) in [5.74, 6) is 2.98. The van der Waals surface area contributed by atoms with Gasteiger partial charge >= 0.3 is 0 Å². The first-order chi connectivity index (χ1) is 17.4. The van der Waals surface area contributed by atoms with E-state index in [0.29, 0.717) is 45.4 Å². The van der Waals surface area contributed by atoms with Crippen LogP contribution < -0.4 is 24.4 Å². The van der Waals surface area contributed by atoms with Crippen LogP contribution in [0.2, 0.25) is 0 Å². The standard InChI is InChI=1S/C26H27N5O4S/c1-16-10-24(29-17(2)28-16)30-26-27-14-23(36-26)25(32)31(15-18-6-8-20(33-3)9-7-18)19-11-21(34-4)13-22(12-19)35-5/h6-14H,15H2,1-5H3,(H,27,28,29,30). The summed E-state index contributed by atoms with van der Waals surface area (Å²) in [6, 6.07) is 14.8. The molecule has 4 rings (SSSR count). The van der Waals surface area contributed by atoms with Gasteiger partial charge in [0, 0.05) is 30.0 Å². The third-order valence-corrected chi connectivity index (χ3v) is 6.21. The molecular weight excluding hydrogens is 478 g/mol. The van der Waals surface area contributed by atoms with E-state index in [0.717, 1.165) is 17.0 Å². The number of aromatic nitrogens is 3. The van der Waals surface area contributed by atoms with Gasteiger partial charge in [-0.3, -0.25) is 4.79 Å². The number of carbonyl (C=O) groups excluding carboxylic acids is 1. The van der Waals surface area contributed by atoms with E-state index in [1.165, 1.54) is 11.3 Å². The fourth-order valence-electron chi connectivity index (χ4n) is 3.60. The van der Waals surface area contributed by atoms with Crippen LogP contribution in [0.4, 0.5) is 16.6 Å². The van der Waals surface area contributed by atoms with Crippen LogP contribution in [0.15, 0.2) is 54.7 Å². The van der Waals surface area contributed by atoms with Crippen LogP contribution in [0.25, 0.3) is 0 Å². The Labute approximate surface area is 213 Å². The average molecular weight is 506 g/mol. The Balaban J connectivity index is 1.66. The Hall–Kier alpha value is -4.18. The molecule has 1 N–H and O–H groups in total. The van der Waals surface area contributed by atoms with E-state index < -0.39 is 0 Å². The van der Waals surface area contributed by atoms with Crippen molar-refractivity contribution in [2.24, 2.45) is 0 Å². The number of anilines is 3. The van der Waals surface area contributed by atoms with Crippen molar-refractivity contribution < 1.29 is 19.0 Å². The summed E-state index contributed by atoms with van der Waals surface area (Å²) in [7, 11) is 4.77. The minimum Gasteiger partial charge on any atom is -0.497 e. The summed E-state index contributed by atoms with van der Waals surface area (Å²) >= 11 is 1.25. The molecule has 0 aliphatic rings. The first kappa shape index (κ1) is 24.9. The third-order valence-electron chi connectivity index (χ3n) is 5.31. The van der Waals surface area contributed by atoms with Gasteiger partial charge in [-0.2, -0.15) is 0 Å². The minimum atomic E-state index is -0.207. The van der Waals surface area contributed by atoms with Crippen LogP contribution in [-0.4, -0.2) is 42.2 Å². The lowest BCUT2D eigenvalue weighted by Gasteiger charge is -2.23. The molecule has 0 fully saturated rings. The zero-order valence-corrected chi connectivity index (χ0v) is 21.5. The molecule has 36 heavy (non-hydrogen) atoms. The summed E-state index contributed by atoms with van der Waals surface area (Å²) in [5.41, 5.74) is 2.41. The highest BCUT2D eigenvalue weighted by Crippen LogP contribution is 2.32. The molecule has 0 radical (unpaired) electrons. The molecule has 10 heteroatoms. The highest BCUT2D eigenvalue weighted by Gasteiger charge is 2.22. The van der Waals surface area contributed by atoms with Crippen molar-refractivity contribution in [3.63, 3.8) is 0 Å². The van der Waals surface area contributed by atoms with Gasteiger partial charge < -0.3 is 24.4 Å². The predicted octanol–water partition coefficient (Wildman–Crippen LogP) is 5.17. The first-order valence-corrected chi connectivity index (χ1v) is 11.9. The van der Waals surface area contributed by atoms with E-state index in [9.17, 15) is 4.79 Å². The molecule has 186 valence electrons. The number of aryl methyl sites for hydroxylation is 2. The monoisotopic (exact) mass is 505 g/mol. The molecule has 0 saturated carbocycles. The Kier molecular flexibility index (Phi) is 7.65. The Bertz CT molecular complexity index is 1310. The number of hydrogen-bond acceptors (Lipinski definition) is 9. The molecule has 1 amide bonds. The van der Waals surface area contributed by atoms with Crippen LogP contribution in [0.5, 0.6) is 17.2 Å². The van der Waals surface area contributed by atoms with Gasteiger partial charge in [0.15, 0.2) is 5.13 Å². The van der Waals surface area contributed by atoms with Crippen molar-refractivity contribution in [2.75, 3.05) is 31.5 Å². The molecule has 0 bridgehead atoms. The largest absolute Gasteiger partial charge is 0.497 e. The van der Waals surface area contributed by atoms with Crippen LogP contribution in [0.1, 0.15) is 26.8 Å². The first-order valence-electron chi connectivity index (χ1n) is 11.1. The fourth-order valence-corrected chi connectivity index (χ4v) is 4.37. The number of carbonyl (C=O) groups is 1. The molecule has 0 aliphatic carbocycles. The lowest BCUT2D eigenvalue weighted by Crippen LogP contribution is -2.29. The highest BCUT2D eigenvalue weighted by molar-refractivity contribution is 7.17. The number of nitrogens with zero attached hydrogens (tertiary/aromatic N) is 4. The van der Waals surface area contributed by atoms with E-state index >= 15 is 0 Å². The summed E-state index contributed by atoms with van der Waals surface area (Å²) in [6.45, 7) is 4.05. The lowest BCUT2D eigenvalue weighted by molar-refractivity contribution is 0.0989. The molecular formula is C26H27N5O4S. The number of benzene rings is 2. The maximum absolute atomic E-state index is 13.8. The van der Waals surface area contributed by atoms with Gasteiger partial charge in [-0.05, 0) is 31.5 Å². The summed E-state index contributed by atoms with van der Waals surface area (Å²) in [6.07, 6.45) is 1.56. The Morgan fingerprint density at radius 1 is 0.917 bits per heavy atom. The number of rotatable bonds is 9. The van der Waals surface area contributed by atoms with Crippen LogP contribution in [0, 0.1) is 13.8 Å². The zero-order chi connectivity index (χ0) is 25.7. The van der Waals surface area contributed by atoms with Gasteiger partial charge in [0.25, 0.3) is 5.91 Å². The van der Waals surface area contributed by atoms with Crippen molar-refractivity contribution in [1.29, 1.82) is 0 Å². The molecule has 2 aromatic heterocycles. The van der Waals surface area contributed by atoms with Crippen LogP contribution in [-0.2, 0) is 6.54 Å². The second-order valence-electron chi connectivity index (χ2n) is 7.91. The van der Waals surface area contributed by atoms with E-state index in [1.807, 2.05) is 44.2 Å². The highest BCUT2D eigenvalue weighted by atomic mass is 32.1. The van der Waals surface area contributed by atoms with Gasteiger partial charge in [-0.15, -0.1) is 0 Å². The summed E-state index contributed by atoms with van der Waals surface area (Å²) in [5, 5.41) is 3.73. The molecule has 0 atom stereocenters. The number of methoxy groups -OCH3 is 3. The van der Waals surface area contributed by atoms with Gasteiger partial charge in [-0.1, -0.05) is 23.5 Å². The van der Waals surface area contributed by atoms with Crippen molar-refractivity contribution in [3.8, 4) is 17.2 Å². The average Bonchev–Trinajstić information content (AvgIpc) is 3.34. The summed E-state index contributed by atoms with van der Waals surface area (Å²) < 4.78 is 16.1. The second kappa shape index (κ2) is 11.0. The van der Waals surface area contributed by atoms with Crippen molar-refractivity contribution in [2.45, 2.75) is 20.4 Å². The molecule has 0 saturated heterocycles. The van der Waals surface area contributed by atoms with Gasteiger partial charge in [0.2, 0.25) is 0 Å². The quantitative estimate of drug-likeness (QED) is 0.333. The fraction of sp³-hybridized carbons (Fsp3) is 0.231. The van der Waals surface area contributed by atoms with Crippen LogP contribution >= 0.6 is 11.3 Å². The minimum absolute atomic E-state index is 0.207. The molecule has 0 unspecified atom stereocenters. The van der Waals surface area contributed by atoms with Crippen LogP contribution in [0.3, 0.4) is 0 Å². The number of nitrogens with one attached hydrogen (secondary N) is 1. The number of hydrogen-bond donors (Lipinski definition) is 1. The van der Waals surface area contributed by atoms with Gasteiger partial charge in [-0.25, -0.2) is 15.0 Å². The van der Waals surface area contributed by atoms with E-state index in [-0.39, 0.29) is 5.91 Å². The van der Waals surface area contributed by atoms with Crippen molar-refractivity contribution >= 4 is 33.9 Å². The molecule has 9 nitrogen and oxygen atoms in total. The lowest BCUT2D eigenvalue weighted by atomic mass is 10.1. The van der Waals surface area contributed by atoms with E-state index in [2.05, 4.69) is 20.3 Å². The van der Waals surface area contributed by atoms with E-state index in [1.54, 1.807) is 50.6 Å². The summed E-state index contributed by atoms with van der Waals surface area (Å²) in [4.78, 5) is 29.0. The molecule has 2 heterocycles. The predicted molar refractivity (Wildman–Crippen MR) is 140 cm³/mol.